The molecule has 0 spiro atoms. The molecule has 2 aromatic carbocycles. The summed E-state index contributed by atoms with van der Waals surface area (Å²) in [6.45, 7) is 1.53. The number of hydrogen-bond donors (Lipinski definition) is 0. The Labute approximate surface area is 185 Å². The van der Waals surface area contributed by atoms with Gasteiger partial charge in [0.2, 0.25) is 11.7 Å². The number of piperazine rings is 1. The van der Waals surface area contributed by atoms with Crippen molar-refractivity contribution in [1.29, 1.82) is 0 Å². The lowest BCUT2D eigenvalue weighted by molar-refractivity contribution is -0.131. The minimum Gasteiger partial charge on any atom is -0.493 e. The van der Waals surface area contributed by atoms with E-state index in [2.05, 4.69) is 0 Å². The number of nitrogens with zero attached hydrogens (tertiary/aromatic N) is 2. The first-order valence-electron chi connectivity index (χ1n) is 9.69. The number of ether oxygens (including phenoxy) is 3. The zero-order valence-electron chi connectivity index (χ0n) is 17.6. The Balaban J connectivity index is 1.63. The van der Waals surface area contributed by atoms with Crippen molar-refractivity contribution in [3.8, 4) is 17.2 Å². The fourth-order valence-electron chi connectivity index (χ4n) is 3.52. The van der Waals surface area contributed by atoms with Crippen LogP contribution in [0.5, 0.6) is 17.2 Å². The van der Waals surface area contributed by atoms with E-state index in [0.29, 0.717) is 43.4 Å². The lowest BCUT2D eigenvalue weighted by Gasteiger charge is -2.35. The van der Waals surface area contributed by atoms with Gasteiger partial charge in [0.15, 0.2) is 11.5 Å². The van der Waals surface area contributed by atoms with Crippen LogP contribution >= 0.6 is 11.6 Å². The number of carbonyl (C=O) groups is 2. The Kier molecular flexibility index (Phi) is 7.22. The molecule has 0 saturated carbocycles. The maximum absolute atomic E-state index is 13.2. The molecule has 0 aromatic heterocycles. The van der Waals surface area contributed by atoms with Crippen LogP contribution in [-0.2, 0) is 11.2 Å². The Morgan fingerprint density at radius 2 is 1.52 bits per heavy atom. The highest BCUT2D eigenvalue weighted by molar-refractivity contribution is 6.33. The predicted octanol–water partition coefficient (Wildman–Crippen LogP) is 3.03. The van der Waals surface area contributed by atoms with E-state index in [4.69, 9.17) is 25.8 Å². The van der Waals surface area contributed by atoms with Crippen molar-refractivity contribution in [2.75, 3.05) is 47.5 Å². The molecule has 1 aliphatic heterocycles. The molecule has 0 unspecified atom stereocenters. The molecule has 0 N–H and O–H groups in total. The van der Waals surface area contributed by atoms with Gasteiger partial charge in [-0.25, -0.2) is 4.39 Å². The number of benzene rings is 2. The van der Waals surface area contributed by atoms with E-state index >= 15 is 0 Å². The highest BCUT2D eigenvalue weighted by atomic mass is 35.5. The van der Waals surface area contributed by atoms with Gasteiger partial charge in [-0.15, -0.1) is 0 Å². The Morgan fingerprint density at radius 3 is 2.03 bits per heavy atom. The average Bonchev–Trinajstić information content (AvgIpc) is 2.78. The van der Waals surface area contributed by atoms with Crippen molar-refractivity contribution in [2.24, 2.45) is 0 Å². The van der Waals surface area contributed by atoms with Crippen LogP contribution in [0.2, 0.25) is 5.02 Å². The van der Waals surface area contributed by atoms with Gasteiger partial charge in [0.25, 0.3) is 5.91 Å². The summed E-state index contributed by atoms with van der Waals surface area (Å²) in [5, 5.41) is 0.0749. The van der Waals surface area contributed by atoms with Gasteiger partial charge in [0, 0.05) is 26.2 Å². The summed E-state index contributed by atoms with van der Waals surface area (Å²) >= 11 is 6.00. The van der Waals surface area contributed by atoms with E-state index in [0.717, 1.165) is 11.6 Å². The third-order valence-corrected chi connectivity index (χ3v) is 5.47. The molecule has 0 bridgehead atoms. The van der Waals surface area contributed by atoms with E-state index in [1.165, 1.54) is 33.5 Å². The second-order valence-corrected chi connectivity index (χ2v) is 7.41. The largest absolute Gasteiger partial charge is 0.493 e. The van der Waals surface area contributed by atoms with Crippen LogP contribution < -0.4 is 14.2 Å². The fraction of sp³-hybridized carbons (Fsp3) is 0.364. The number of halogens is 2. The van der Waals surface area contributed by atoms with Crippen LogP contribution in [0, 0.1) is 5.82 Å². The van der Waals surface area contributed by atoms with Crippen molar-refractivity contribution in [2.45, 2.75) is 6.42 Å². The van der Waals surface area contributed by atoms with Crippen LogP contribution in [-0.4, -0.2) is 69.1 Å². The number of methoxy groups -OCH3 is 3. The molecule has 2 amide bonds. The molecule has 0 aliphatic carbocycles. The van der Waals surface area contributed by atoms with Gasteiger partial charge in [-0.3, -0.25) is 9.59 Å². The summed E-state index contributed by atoms with van der Waals surface area (Å²) in [7, 11) is 4.56. The summed E-state index contributed by atoms with van der Waals surface area (Å²) in [5.74, 6) is 0.590. The highest BCUT2D eigenvalue weighted by Crippen LogP contribution is 2.38. The molecule has 0 radical (unpaired) electrons. The van der Waals surface area contributed by atoms with Crippen molar-refractivity contribution in [1.82, 2.24) is 9.80 Å². The maximum atomic E-state index is 13.2. The van der Waals surface area contributed by atoms with Crippen LogP contribution in [0.15, 0.2) is 30.3 Å². The number of amides is 2. The molecule has 7 nitrogen and oxygen atoms in total. The second-order valence-electron chi connectivity index (χ2n) is 7.01. The fourth-order valence-corrected chi connectivity index (χ4v) is 3.76. The zero-order chi connectivity index (χ0) is 22.5. The number of carbonyl (C=O) groups excluding carboxylic acids is 2. The molecule has 1 fully saturated rings. The normalized spacial score (nSPS) is 13.7. The van der Waals surface area contributed by atoms with Crippen molar-refractivity contribution in [3.05, 3.63) is 52.3 Å². The molecule has 1 heterocycles. The molecular weight excluding hydrogens is 427 g/mol. The van der Waals surface area contributed by atoms with Gasteiger partial charge in [0.1, 0.15) is 5.82 Å². The van der Waals surface area contributed by atoms with Gasteiger partial charge in [-0.05, 0) is 35.9 Å². The SMILES string of the molecule is COc1cc(CC(=O)N2CCN(C(=O)c3ccc(F)cc3Cl)CC2)cc(OC)c1OC. The third kappa shape index (κ3) is 5.02. The Hall–Kier alpha value is -3.00. The van der Waals surface area contributed by atoms with Crippen LogP contribution in [0.3, 0.4) is 0 Å². The first-order valence-corrected chi connectivity index (χ1v) is 10.1. The van der Waals surface area contributed by atoms with Crippen LogP contribution in [0.4, 0.5) is 4.39 Å². The molecule has 166 valence electrons. The first kappa shape index (κ1) is 22.7. The third-order valence-electron chi connectivity index (χ3n) is 5.16. The number of rotatable bonds is 6. The molecular formula is C22H24ClFN2O5. The quantitative estimate of drug-likeness (QED) is 0.676. The molecule has 1 saturated heterocycles. The van der Waals surface area contributed by atoms with Gasteiger partial charge < -0.3 is 24.0 Å². The standard InChI is InChI=1S/C22H24ClFN2O5/c1-29-18-10-14(11-19(30-2)21(18)31-3)12-20(27)25-6-8-26(9-7-25)22(28)16-5-4-15(24)13-17(16)23/h4-5,10-11,13H,6-9,12H2,1-3H3. The summed E-state index contributed by atoms with van der Waals surface area (Å²) in [4.78, 5) is 28.8. The van der Waals surface area contributed by atoms with Gasteiger partial charge in [0.05, 0.1) is 38.3 Å². The van der Waals surface area contributed by atoms with E-state index in [-0.39, 0.29) is 28.8 Å². The lowest BCUT2D eigenvalue weighted by Crippen LogP contribution is -2.51. The van der Waals surface area contributed by atoms with E-state index in [1.54, 1.807) is 21.9 Å². The topological polar surface area (TPSA) is 68.3 Å². The van der Waals surface area contributed by atoms with Gasteiger partial charge >= 0.3 is 0 Å². The van der Waals surface area contributed by atoms with Crippen molar-refractivity contribution < 1.29 is 28.2 Å². The molecule has 2 aromatic rings. The van der Waals surface area contributed by atoms with Crippen LogP contribution in [0.25, 0.3) is 0 Å². The van der Waals surface area contributed by atoms with E-state index in [1.807, 2.05) is 0 Å². The van der Waals surface area contributed by atoms with Crippen LogP contribution in [0.1, 0.15) is 15.9 Å². The van der Waals surface area contributed by atoms with E-state index in [9.17, 15) is 14.0 Å². The first-order chi connectivity index (χ1) is 14.9. The summed E-state index contributed by atoms with van der Waals surface area (Å²) < 4.78 is 29.2. The van der Waals surface area contributed by atoms with Gasteiger partial charge in [-0.2, -0.15) is 0 Å². The average molecular weight is 451 g/mol. The molecule has 0 atom stereocenters. The molecule has 1 aliphatic rings. The predicted molar refractivity (Wildman–Crippen MR) is 114 cm³/mol. The van der Waals surface area contributed by atoms with Crippen molar-refractivity contribution >= 4 is 23.4 Å². The Morgan fingerprint density at radius 1 is 0.935 bits per heavy atom. The van der Waals surface area contributed by atoms with E-state index < -0.39 is 5.82 Å². The minimum atomic E-state index is -0.497. The monoisotopic (exact) mass is 450 g/mol. The molecule has 31 heavy (non-hydrogen) atoms. The molecule has 9 heteroatoms. The summed E-state index contributed by atoms with van der Waals surface area (Å²) in [5.41, 5.74) is 0.983. The highest BCUT2D eigenvalue weighted by Gasteiger charge is 2.26. The van der Waals surface area contributed by atoms with Gasteiger partial charge in [-0.1, -0.05) is 11.6 Å². The zero-order valence-corrected chi connectivity index (χ0v) is 18.4. The number of hydrogen-bond acceptors (Lipinski definition) is 5. The Bertz CT molecular complexity index is 951. The minimum absolute atomic E-state index is 0.0683. The maximum Gasteiger partial charge on any atom is 0.255 e. The molecule has 3 rings (SSSR count). The summed E-state index contributed by atoms with van der Waals surface area (Å²) in [6.07, 6.45) is 0.161. The lowest BCUT2D eigenvalue weighted by atomic mass is 10.1. The smallest absolute Gasteiger partial charge is 0.255 e. The summed E-state index contributed by atoms with van der Waals surface area (Å²) in [6, 6.07) is 7.19. The second kappa shape index (κ2) is 9.87. The van der Waals surface area contributed by atoms with Crippen molar-refractivity contribution in [3.63, 3.8) is 0 Å².